The molecule has 9 heteroatoms. The molecule has 168 valence electrons. The van der Waals surface area contributed by atoms with Crippen molar-refractivity contribution in [3.63, 3.8) is 0 Å². The molecule has 0 saturated heterocycles. The summed E-state index contributed by atoms with van der Waals surface area (Å²) in [4.78, 5) is 25.2. The summed E-state index contributed by atoms with van der Waals surface area (Å²) in [5.41, 5.74) is 4.45. The number of rotatable bonds is 9. The van der Waals surface area contributed by atoms with E-state index in [1.807, 2.05) is 25.3 Å². The Hall–Kier alpha value is -2.88. The Morgan fingerprint density at radius 3 is 2.59 bits per heavy atom. The standard InChI is InChI=1S/C23H24N2O5S2/c1-13(2)7-10-18(32-23(26)19-6-5-11-31-19)14-12-17(29-3)20-15(24-27)8-9-16(25-28)21(20)22(14)30-4/h5-9,11-12,18,24,27H,10H2,1-4H3. The lowest BCUT2D eigenvalue weighted by molar-refractivity contribution is 0.109. The third kappa shape index (κ3) is 4.79. The lowest BCUT2D eigenvalue weighted by Crippen LogP contribution is -2.04. The van der Waals surface area contributed by atoms with Gasteiger partial charge in [-0.1, -0.05) is 29.5 Å². The summed E-state index contributed by atoms with van der Waals surface area (Å²) >= 11 is 2.59. The van der Waals surface area contributed by atoms with E-state index in [0.717, 1.165) is 5.57 Å². The molecule has 0 saturated carbocycles. The molecule has 3 rings (SSSR count). The van der Waals surface area contributed by atoms with Crippen LogP contribution in [0.15, 0.2) is 52.5 Å². The van der Waals surface area contributed by atoms with Gasteiger partial charge in [-0.15, -0.1) is 16.2 Å². The van der Waals surface area contributed by atoms with Gasteiger partial charge in [-0.3, -0.25) is 15.5 Å². The van der Waals surface area contributed by atoms with Crippen molar-refractivity contribution in [2.24, 2.45) is 5.18 Å². The number of thioether (sulfide) groups is 1. The fraction of sp³-hybridized carbons (Fsp3) is 0.261. The van der Waals surface area contributed by atoms with E-state index in [4.69, 9.17) is 9.47 Å². The molecular formula is C23H24N2O5S2. The number of anilines is 1. The van der Waals surface area contributed by atoms with E-state index < -0.39 is 0 Å². The molecule has 0 spiro atoms. The third-order valence-corrected chi connectivity index (χ3v) is 7.07. The zero-order chi connectivity index (χ0) is 23.3. The second-order valence-corrected chi connectivity index (χ2v) is 9.30. The number of carbonyl (C=O) groups is 1. The van der Waals surface area contributed by atoms with Crippen LogP contribution >= 0.6 is 23.1 Å². The summed E-state index contributed by atoms with van der Waals surface area (Å²) < 4.78 is 11.4. The van der Waals surface area contributed by atoms with E-state index in [9.17, 15) is 14.9 Å². The summed E-state index contributed by atoms with van der Waals surface area (Å²) in [5, 5.41) is 15.2. The topological polar surface area (TPSA) is 97.2 Å². The van der Waals surface area contributed by atoms with Gasteiger partial charge in [0, 0.05) is 10.8 Å². The molecule has 3 aromatic rings. The van der Waals surface area contributed by atoms with E-state index in [0.29, 0.717) is 44.8 Å². The highest BCUT2D eigenvalue weighted by molar-refractivity contribution is 8.14. The molecule has 0 fully saturated rings. The highest BCUT2D eigenvalue weighted by Crippen LogP contribution is 2.50. The molecule has 7 nitrogen and oxygen atoms in total. The number of hydrogen-bond acceptors (Lipinski definition) is 9. The van der Waals surface area contributed by atoms with Crippen molar-refractivity contribution < 1.29 is 19.5 Å². The number of nitroso groups, excluding NO2 is 1. The maximum Gasteiger partial charge on any atom is 0.229 e. The monoisotopic (exact) mass is 472 g/mol. The number of allylic oxidation sites excluding steroid dienone is 2. The van der Waals surface area contributed by atoms with Gasteiger partial charge < -0.3 is 9.47 Å². The zero-order valence-corrected chi connectivity index (χ0v) is 19.8. The smallest absolute Gasteiger partial charge is 0.229 e. The van der Waals surface area contributed by atoms with Crippen LogP contribution in [0.1, 0.15) is 40.8 Å². The Kier molecular flexibility index (Phi) is 7.89. The molecular weight excluding hydrogens is 448 g/mol. The number of methoxy groups -OCH3 is 2. The lowest BCUT2D eigenvalue weighted by atomic mass is 9.97. The number of ether oxygens (including phenoxy) is 2. The summed E-state index contributed by atoms with van der Waals surface area (Å²) in [5.74, 6) is 0.829. The molecule has 1 heterocycles. The van der Waals surface area contributed by atoms with Crippen LogP contribution in [0, 0.1) is 4.91 Å². The summed E-state index contributed by atoms with van der Waals surface area (Å²) in [6.45, 7) is 3.99. The Morgan fingerprint density at radius 2 is 2.03 bits per heavy atom. The maximum absolute atomic E-state index is 12.9. The molecule has 0 aliphatic heterocycles. The average molecular weight is 473 g/mol. The van der Waals surface area contributed by atoms with Crippen LogP contribution in [-0.4, -0.2) is 24.5 Å². The average Bonchev–Trinajstić information content (AvgIpc) is 3.34. The van der Waals surface area contributed by atoms with Crippen molar-refractivity contribution in [2.75, 3.05) is 19.7 Å². The fourth-order valence-electron chi connectivity index (χ4n) is 3.45. The highest BCUT2D eigenvalue weighted by atomic mass is 32.2. The predicted molar refractivity (Wildman–Crippen MR) is 131 cm³/mol. The predicted octanol–water partition coefficient (Wildman–Crippen LogP) is 7.09. The minimum absolute atomic E-state index is 0.0483. The van der Waals surface area contributed by atoms with Gasteiger partial charge >= 0.3 is 0 Å². The van der Waals surface area contributed by atoms with Crippen molar-refractivity contribution in [1.29, 1.82) is 0 Å². The third-order valence-electron chi connectivity index (χ3n) is 4.91. The van der Waals surface area contributed by atoms with Crippen molar-refractivity contribution in [3.8, 4) is 11.5 Å². The molecule has 1 unspecified atom stereocenters. The number of nitrogens with zero attached hydrogens (tertiary/aromatic N) is 1. The molecule has 2 N–H and O–H groups in total. The minimum Gasteiger partial charge on any atom is -0.496 e. The normalized spacial score (nSPS) is 11.7. The first-order valence-corrected chi connectivity index (χ1v) is 11.5. The van der Waals surface area contributed by atoms with E-state index in [2.05, 4.69) is 16.7 Å². The van der Waals surface area contributed by atoms with E-state index in [1.165, 1.54) is 49.5 Å². The molecule has 1 atom stereocenters. The highest BCUT2D eigenvalue weighted by Gasteiger charge is 2.27. The summed E-state index contributed by atoms with van der Waals surface area (Å²) in [7, 11) is 3.00. The summed E-state index contributed by atoms with van der Waals surface area (Å²) in [6.07, 6.45) is 2.62. The maximum atomic E-state index is 12.9. The molecule has 0 aliphatic rings. The van der Waals surface area contributed by atoms with Crippen LogP contribution in [0.5, 0.6) is 11.5 Å². The van der Waals surface area contributed by atoms with Gasteiger partial charge in [0.05, 0.1) is 35.6 Å². The van der Waals surface area contributed by atoms with Gasteiger partial charge in [-0.25, -0.2) is 0 Å². The van der Waals surface area contributed by atoms with Gasteiger partial charge in [0.2, 0.25) is 5.12 Å². The Balaban J connectivity index is 2.27. The molecule has 0 radical (unpaired) electrons. The molecule has 0 bridgehead atoms. The Labute approximate surface area is 194 Å². The number of benzene rings is 2. The van der Waals surface area contributed by atoms with Gasteiger partial charge in [0.1, 0.15) is 17.2 Å². The van der Waals surface area contributed by atoms with Crippen molar-refractivity contribution in [3.05, 3.63) is 62.7 Å². The first-order chi connectivity index (χ1) is 15.4. The molecule has 0 aliphatic carbocycles. The van der Waals surface area contributed by atoms with Crippen LogP contribution in [0.3, 0.4) is 0 Å². The van der Waals surface area contributed by atoms with Gasteiger partial charge in [0.25, 0.3) is 0 Å². The van der Waals surface area contributed by atoms with E-state index >= 15 is 0 Å². The van der Waals surface area contributed by atoms with Crippen LogP contribution < -0.4 is 15.0 Å². The quantitative estimate of drug-likeness (QED) is 0.195. The summed E-state index contributed by atoms with van der Waals surface area (Å²) in [6, 6.07) is 8.46. The first-order valence-electron chi connectivity index (χ1n) is 9.78. The SMILES string of the molecule is COc1cc(C(CC=C(C)C)SC(=O)c2cccs2)c(OC)c2c(N=O)ccc(NO)c12. The Morgan fingerprint density at radius 1 is 1.25 bits per heavy atom. The number of carbonyl (C=O) groups excluding carboxylic acids is 1. The second kappa shape index (κ2) is 10.6. The molecule has 32 heavy (non-hydrogen) atoms. The van der Waals surface area contributed by atoms with Gasteiger partial charge in [0.15, 0.2) is 0 Å². The second-order valence-electron chi connectivity index (χ2n) is 7.18. The Bertz CT molecular complexity index is 1160. The van der Waals surface area contributed by atoms with Crippen LogP contribution in [0.25, 0.3) is 10.8 Å². The van der Waals surface area contributed by atoms with Crippen LogP contribution in [-0.2, 0) is 0 Å². The number of fused-ring (bicyclic) bond motifs is 1. The van der Waals surface area contributed by atoms with E-state index in [-0.39, 0.29) is 16.1 Å². The molecule has 0 amide bonds. The van der Waals surface area contributed by atoms with Crippen molar-refractivity contribution >= 4 is 50.4 Å². The zero-order valence-electron chi connectivity index (χ0n) is 18.2. The fourth-order valence-corrected chi connectivity index (χ4v) is 5.24. The number of hydrogen-bond donors (Lipinski definition) is 2. The van der Waals surface area contributed by atoms with Crippen molar-refractivity contribution in [2.45, 2.75) is 25.5 Å². The lowest BCUT2D eigenvalue weighted by Gasteiger charge is -2.22. The largest absolute Gasteiger partial charge is 0.496 e. The van der Waals surface area contributed by atoms with Gasteiger partial charge in [-0.05, 0) is 55.1 Å². The molecule has 1 aromatic heterocycles. The van der Waals surface area contributed by atoms with Crippen LogP contribution in [0.4, 0.5) is 11.4 Å². The van der Waals surface area contributed by atoms with Crippen LogP contribution in [0.2, 0.25) is 0 Å². The van der Waals surface area contributed by atoms with Crippen molar-refractivity contribution in [1.82, 2.24) is 0 Å². The number of nitrogens with one attached hydrogen (secondary N) is 1. The van der Waals surface area contributed by atoms with Gasteiger partial charge in [-0.2, -0.15) is 0 Å². The molecule has 2 aromatic carbocycles. The first kappa shape index (κ1) is 23.8. The van der Waals surface area contributed by atoms with E-state index in [1.54, 1.807) is 12.1 Å². The minimum atomic E-state index is -0.307. The number of thiophene rings is 1.